The number of nitro groups is 1. The van der Waals surface area contributed by atoms with E-state index in [0.29, 0.717) is 10.8 Å². The smallest absolute Gasteiger partial charge is 0.277 e. The number of anilines is 1. The predicted octanol–water partition coefficient (Wildman–Crippen LogP) is 1.94. The minimum atomic E-state index is -0.415. The van der Waals surface area contributed by atoms with E-state index in [0.717, 1.165) is 5.69 Å². The quantitative estimate of drug-likeness (QED) is 0.636. The van der Waals surface area contributed by atoms with Gasteiger partial charge < -0.3 is 10.4 Å². The molecule has 18 heavy (non-hydrogen) atoms. The van der Waals surface area contributed by atoms with Crippen molar-refractivity contribution in [3.63, 3.8) is 0 Å². The lowest BCUT2D eigenvalue weighted by Crippen LogP contribution is -2.19. The van der Waals surface area contributed by atoms with E-state index in [2.05, 4.69) is 10.3 Å². The van der Waals surface area contributed by atoms with Crippen LogP contribution in [0, 0.1) is 10.1 Å². The van der Waals surface area contributed by atoms with Gasteiger partial charge in [0, 0.05) is 35.6 Å². The summed E-state index contributed by atoms with van der Waals surface area (Å²) in [6, 6.07) is 4.57. The molecule has 1 heterocycles. The molecule has 1 unspecified atom stereocenters. The summed E-state index contributed by atoms with van der Waals surface area (Å²) in [6.07, 6.45) is 3.10. The molecule has 0 radical (unpaired) electrons. The van der Waals surface area contributed by atoms with Crippen LogP contribution in [0.3, 0.4) is 0 Å². The molecular formula is C12H13N3O3. The Bertz CT molecular complexity index is 586. The Balaban J connectivity index is 2.57. The summed E-state index contributed by atoms with van der Waals surface area (Å²) in [5.74, 6) is 0. The number of aliphatic hydroxyl groups excluding tert-OH is 1. The average molecular weight is 247 g/mol. The van der Waals surface area contributed by atoms with Gasteiger partial charge in [0.1, 0.15) is 0 Å². The van der Waals surface area contributed by atoms with E-state index in [1.54, 1.807) is 18.3 Å². The summed E-state index contributed by atoms with van der Waals surface area (Å²) >= 11 is 0. The summed E-state index contributed by atoms with van der Waals surface area (Å²) in [4.78, 5) is 14.5. The van der Waals surface area contributed by atoms with Gasteiger partial charge in [-0.15, -0.1) is 0 Å². The number of benzene rings is 1. The topological polar surface area (TPSA) is 88.3 Å². The molecule has 0 saturated heterocycles. The Labute approximate surface area is 103 Å². The second-order valence-corrected chi connectivity index (χ2v) is 4.04. The van der Waals surface area contributed by atoms with Crippen molar-refractivity contribution in [1.82, 2.24) is 4.98 Å². The molecule has 0 amide bonds. The molecule has 94 valence electrons. The van der Waals surface area contributed by atoms with Crippen molar-refractivity contribution in [3.05, 3.63) is 40.7 Å². The molecule has 2 N–H and O–H groups in total. The molecule has 0 fully saturated rings. The zero-order valence-electron chi connectivity index (χ0n) is 9.83. The van der Waals surface area contributed by atoms with Crippen LogP contribution in [0.2, 0.25) is 0 Å². The van der Waals surface area contributed by atoms with Crippen molar-refractivity contribution in [2.45, 2.75) is 13.0 Å². The highest BCUT2D eigenvalue weighted by atomic mass is 16.6. The van der Waals surface area contributed by atoms with Crippen LogP contribution in [0.25, 0.3) is 10.8 Å². The van der Waals surface area contributed by atoms with Gasteiger partial charge in [0.05, 0.1) is 16.9 Å². The molecule has 2 rings (SSSR count). The lowest BCUT2D eigenvalue weighted by Gasteiger charge is -2.14. The molecule has 0 aliphatic rings. The molecule has 0 aliphatic heterocycles. The number of rotatable bonds is 4. The molecule has 0 bridgehead atoms. The van der Waals surface area contributed by atoms with Gasteiger partial charge in [-0.1, -0.05) is 0 Å². The summed E-state index contributed by atoms with van der Waals surface area (Å²) in [5.41, 5.74) is 0.778. The first-order chi connectivity index (χ1) is 8.63. The van der Waals surface area contributed by atoms with Gasteiger partial charge in [-0.2, -0.15) is 0 Å². The van der Waals surface area contributed by atoms with Crippen molar-refractivity contribution >= 4 is 22.1 Å². The molecule has 1 aromatic carbocycles. The van der Waals surface area contributed by atoms with Gasteiger partial charge in [0.2, 0.25) is 0 Å². The van der Waals surface area contributed by atoms with Crippen LogP contribution in [0.5, 0.6) is 0 Å². The van der Waals surface area contributed by atoms with Crippen molar-refractivity contribution in [2.24, 2.45) is 0 Å². The number of hydrogen-bond acceptors (Lipinski definition) is 5. The fraction of sp³-hybridized carbons (Fsp3) is 0.250. The number of hydrogen-bond donors (Lipinski definition) is 2. The fourth-order valence-electron chi connectivity index (χ4n) is 1.77. The highest BCUT2D eigenvalue weighted by Gasteiger charge is 2.14. The first-order valence-corrected chi connectivity index (χ1v) is 5.52. The molecule has 1 aromatic heterocycles. The third kappa shape index (κ3) is 2.23. The molecule has 0 saturated carbocycles. The molecule has 6 heteroatoms. The monoisotopic (exact) mass is 247 g/mol. The van der Waals surface area contributed by atoms with Crippen molar-refractivity contribution < 1.29 is 10.0 Å². The highest BCUT2D eigenvalue weighted by Crippen LogP contribution is 2.30. The van der Waals surface area contributed by atoms with Crippen LogP contribution in [-0.2, 0) is 0 Å². The Morgan fingerprint density at radius 2 is 2.22 bits per heavy atom. The molecule has 6 nitrogen and oxygen atoms in total. The molecule has 1 atom stereocenters. The van der Waals surface area contributed by atoms with Crippen LogP contribution < -0.4 is 5.32 Å². The number of nitrogens with zero attached hydrogens (tertiary/aromatic N) is 2. The lowest BCUT2D eigenvalue weighted by molar-refractivity contribution is -0.383. The number of non-ortho nitro benzene ring substituents is 1. The largest absolute Gasteiger partial charge is 0.394 e. The van der Waals surface area contributed by atoms with Crippen molar-refractivity contribution in [1.29, 1.82) is 0 Å². The third-order valence-electron chi connectivity index (χ3n) is 2.67. The molecular weight excluding hydrogens is 234 g/mol. The lowest BCUT2D eigenvalue weighted by atomic mass is 10.1. The van der Waals surface area contributed by atoms with Gasteiger partial charge >= 0.3 is 0 Å². The van der Waals surface area contributed by atoms with E-state index in [9.17, 15) is 10.1 Å². The minimum absolute atomic E-state index is 0.0151. The van der Waals surface area contributed by atoms with Crippen LogP contribution in [-0.4, -0.2) is 27.7 Å². The number of nitro benzene ring substituents is 1. The fourth-order valence-corrected chi connectivity index (χ4v) is 1.77. The van der Waals surface area contributed by atoms with E-state index < -0.39 is 4.92 Å². The average Bonchev–Trinajstić information content (AvgIpc) is 2.38. The number of aliphatic hydroxyl groups is 1. The first kappa shape index (κ1) is 12.3. The number of aromatic nitrogens is 1. The van der Waals surface area contributed by atoms with E-state index in [1.165, 1.54) is 12.3 Å². The maximum absolute atomic E-state index is 10.9. The van der Waals surface area contributed by atoms with Gasteiger partial charge in [-0.25, -0.2) is 0 Å². The summed E-state index contributed by atoms with van der Waals surface area (Å²) in [7, 11) is 0. The zero-order valence-corrected chi connectivity index (χ0v) is 9.83. The predicted molar refractivity (Wildman–Crippen MR) is 68.6 cm³/mol. The van der Waals surface area contributed by atoms with E-state index >= 15 is 0 Å². The van der Waals surface area contributed by atoms with Crippen molar-refractivity contribution in [2.75, 3.05) is 11.9 Å². The van der Waals surface area contributed by atoms with E-state index in [-0.39, 0.29) is 18.3 Å². The zero-order chi connectivity index (χ0) is 13.1. The summed E-state index contributed by atoms with van der Waals surface area (Å²) in [6.45, 7) is 1.81. The maximum Gasteiger partial charge on any atom is 0.277 e. The van der Waals surface area contributed by atoms with E-state index in [1.807, 2.05) is 6.92 Å². The normalized spacial score (nSPS) is 12.3. The second-order valence-electron chi connectivity index (χ2n) is 4.04. The Hall–Kier alpha value is -2.21. The molecule has 2 aromatic rings. The van der Waals surface area contributed by atoms with Crippen LogP contribution in [0.1, 0.15) is 6.92 Å². The Morgan fingerprint density at radius 3 is 2.89 bits per heavy atom. The minimum Gasteiger partial charge on any atom is -0.394 e. The van der Waals surface area contributed by atoms with Crippen LogP contribution in [0.4, 0.5) is 11.4 Å². The Kier molecular flexibility index (Phi) is 3.38. The number of nitrogens with one attached hydrogen (secondary N) is 1. The third-order valence-corrected chi connectivity index (χ3v) is 2.67. The van der Waals surface area contributed by atoms with Crippen LogP contribution in [0.15, 0.2) is 30.6 Å². The van der Waals surface area contributed by atoms with Gasteiger partial charge in [-0.3, -0.25) is 15.1 Å². The maximum atomic E-state index is 10.9. The summed E-state index contributed by atoms with van der Waals surface area (Å²) in [5, 5.41) is 24.2. The molecule has 0 aliphatic carbocycles. The van der Waals surface area contributed by atoms with Crippen LogP contribution >= 0.6 is 0 Å². The SMILES string of the molecule is CC(CO)Nc1ccc([N+](=O)[O-])c2ccncc12. The van der Waals surface area contributed by atoms with Gasteiger partial charge in [0.25, 0.3) is 5.69 Å². The Morgan fingerprint density at radius 1 is 1.44 bits per heavy atom. The van der Waals surface area contributed by atoms with Gasteiger partial charge in [-0.05, 0) is 19.1 Å². The number of fused-ring (bicyclic) bond motifs is 1. The van der Waals surface area contributed by atoms with Gasteiger partial charge in [0.15, 0.2) is 0 Å². The first-order valence-electron chi connectivity index (χ1n) is 5.52. The van der Waals surface area contributed by atoms with Crippen molar-refractivity contribution in [3.8, 4) is 0 Å². The standard InChI is InChI=1S/C12H13N3O3/c1-8(7-16)14-11-2-3-12(15(17)18)9-4-5-13-6-10(9)11/h2-6,8,14,16H,7H2,1H3. The molecule has 0 spiro atoms. The number of pyridine rings is 1. The summed E-state index contributed by atoms with van der Waals surface area (Å²) < 4.78 is 0. The van der Waals surface area contributed by atoms with E-state index in [4.69, 9.17) is 5.11 Å². The second kappa shape index (κ2) is 4.97. The highest BCUT2D eigenvalue weighted by molar-refractivity contribution is 5.99.